The molecule has 0 fully saturated rings. The van der Waals surface area contributed by atoms with Crippen LogP contribution in [0.1, 0.15) is 25.3 Å². The summed E-state index contributed by atoms with van der Waals surface area (Å²) in [4.78, 5) is 8.41. The van der Waals surface area contributed by atoms with E-state index in [1.807, 2.05) is 18.2 Å². The number of nitrogen functional groups attached to an aromatic ring is 1. The van der Waals surface area contributed by atoms with Crippen molar-refractivity contribution in [3.05, 3.63) is 23.8 Å². The van der Waals surface area contributed by atoms with Crippen molar-refractivity contribution in [3.63, 3.8) is 0 Å². The Morgan fingerprint density at radius 2 is 2.17 bits per heavy atom. The monoisotopic (exact) mass is 246 g/mol. The zero-order valence-corrected chi connectivity index (χ0v) is 10.5. The van der Waals surface area contributed by atoms with Gasteiger partial charge in [0.2, 0.25) is 5.95 Å². The van der Waals surface area contributed by atoms with E-state index in [1.54, 1.807) is 0 Å². The first-order chi connectivity index (χ1) is 8.74. The van der Waals surface area contributed by atoms with Crippen LogP contribution in [-0.4, -0.2) is 21.6 Å². The lowest BCUT2D eigenvalue weighted by molar-refractivity contribution is 0.282. The highest BCUT2D eigenvalue weighted by Gasteiger charge is 2.06. The summed E-state index contributed by atoms with van der Waals surface area (Å²) in [6.07, 6.45) is 2.21. The largest absolute Gasteiger partial charge is 0.392 e. The third kappa shape index (κ3) is 2.68. The number of rotatable bonds is 5. The predicted molar refractivity (Wildman–Crippen MR) is 73.3 cm³/mol. The maximum Gasteiger partial charge on any atom is 0.222 e. The predicted octanol–water partition coefficient (Wildman–Crippen LogP) is 1.92. The van der Waals surface area contributed by atoms with Crippen molar-refractivity contribution < 1.29 is 5.11 Å². The minimum absolute atomic E-state index is 0.00154. The Morgan fingerprint density at radius 1 is 1.33 bits per heavy atom. The number of hydrogen-bond donors (Lipinski definition) is 3. The van der Waals surface area contributed by atoms with Crippen molar-refractivity contribution >= 4 is 22.7 Å². The number of nitrogens with two attached hydrogens (primary N) is 1. The van der Waals surface area contributed by atoms with Gasteiger partial charge in [-0.15, -0.1) is 0 Å². The molecular weight excluding hydrogens is 228 g/mol. The van der Waals surface area contributed by atoms with Crippen molar-refractivity contribution in [2.45, 2.75) is 26.4 Å². The molecule has 0 saturated heterocycles. The van der Waals surface area contributed by atoms with Gasteiger partial charge in [0.15, 0.2) is 0 Å². The molecule has 0 saturated carbocycles. The van der Waals surface area contributed by atoms with E-state index in [0.29, 0.717) is 0 Å². The zero-order chi connectivity index (χ0) is 13.0. The lowest BCUT2D eigenvalue weighted by atomic mass is 10.1. The van der Waals surface area contributed by atoms with Crippen LogP contribution >= 0.6 is 0 Å². The molecular formula is C13H18N4O. The van der Waals surface area contributed by atoms with E-state index in [4.69, 9.17) is 10.8 Å². The van der Waals surface area contributed by atoms with Crippen molar-refractivity contribution in [3.8, 4) is 0 Å². The van der Waals surface area contributed by atoms with Crippen molar-refractivity contribution in [2.75, 3.05) is 17.6 Å². The highest BCUT2D eigenvalue weighted by atomic mass is 16.3. The highest BCUT2D eigenvalue weighted by molar-refractivity contribution is 5.90. The van der Waals surface area contributed by atoms with Crippen molar-refractivity contribution in [1.29, 1.82) is 0 Å². The third-order valence-electron chi connectivity index (χ3n) is 2.78. The summed E-state index contributed by atoms with van der Waals surface area (Å²) in [6, 6.07) is 5.61. The summed E-state index contributed by atoms with van der Waals surface area (Å²) in [5.74, 6) is 1.01. The van der Waals surface area contributed by atoms with Gasteiger partial charge < -0.3 is 16.2 Å². The molecule has 0 unspecified atom stereocenters. The molecule has 0 bridgehead atoms. The van der Waals surface area contributed by atoms with Crippen LogP contribution in [0.25, 0.3) is 10.9 Å². The Hall–Kier alpha value is -1.88. The van der Waals surface area contributed by atoms with Gasteiger partial charge in [-0.3, -0.25) is 0 Å². The normalized spacial score (nSPS) is 10.8. The first-order valence-corrected chi connectivity index (χ1v) is 6.15. The van der Waals surface area contributed by atoms with E-state index in [2.05, 4.69) is 22.2 Å². The first kappa shape index (κ1) is 12.6. The number of nitrogens with zero attached hydrogens (tertiary/aromatic N) is 2. The van der Waals surface area contributed by atoms with Gasteiger partial charge in [0.05, 0.1) is 12.1 Å². The third-order valence-corrected chi connectivity index (χ3v) is 2.78. The molecule has 5 heteroatoms. The molecule has 18 heavy (non-hydrogen) atoms. The molecule has 0 radical (unpaired) electrons. The minimum atomic E-state index is -0.00154. The van der Waals surface area contributed by atoms with Crippen LogP contribution in [-0.2, 0) is 6.61 Å². The number of nitrogens with one attached hydrogen (secondary N) is 1. The molecule has 0 aliphatic heterocycles. The first-order valence-electron chi connectivity index (χ1n) is 6.15. The fourth-order valence-corrected chi connectivity index (χ4v) is 1.81. The quantitative estimate of drug-likeness (QED) is 0.702. The van der Waals surface area contributed by atoms with Crippen molar-refractivity contribution in [2.24, 2.45) is 0 Å². The summed E-state index contributed by atoms with van der Waals surface area (Å²) in [7, 11) is 0. The van der Waals surface area contributed by atoms with Gasteiger partial charge in [0.25, 0.3) is 0 Å². The second kappa shape index (κ2) is 5.64. The van der Waals surface area contributed by atoms with Crippen molar-refractivity contribution in [1.82, 2.24) is 9.97 Å². The number of fused-ring (bicyclic) bond motifs is 1. The molecule has 1 aromatic carbocycles. The number of aliphatic hydroxyl groups is 1. The molecule has 0 aliphatic rings. The number of aliphatic hydroxyl groups excluding tert-OH is 1. The Morgan fingerprint density at radius 3 is 2.89 bits per heavy atom. The molecule has 0 spiro atoms. The van der Waals surface area contributed by atoms with Crippen LogP contribution in [0.15, 0.2) is 18.2 Å². The molecule has 1 aromatic heterocycles. The van der Waals surface area contributed by atoms with Gasteiger partial charge in [-0.05, 0) is 24.1 Å². The summed E-state index contributed by atoms with van der Waals surface area (Å²) in [5.41, 5.74) is 7.27. The molecule has 0 aliphatic carbocycles. The molecule has 0 amide bonds. The molecule has 0 atom stereocenters. The van der Waals surface area contributed by atoms with E-state index < -0.39 is 0 Å². The fraction of sp³-hybridized carbons (Fsp3) is 0.385. The van der Waals surface area contributed by atoms with E-state index in [1.165, 1.54) is 0 Å². The average Bonchev–Trinajstić information content (AvgIpc) is 2.38. The zero-order valence-electron chi connectivity index (χ0n) is 10.5. The molecule has 5 nitrogen and oxygen atoms in total. The van der Waals surface area contributed by atoms with Gasteiger partial charge in [0.1, 0.15) is 5.82 Å². The topological polar surface area (TPSA) is 84.1 Å². The summed E-state index contributed by atoms with van der Waals surface area (Å²) < 4.78 is 0. The summed E-state index contributed by atoms with van der Waals surface area (Å²) in [5, 5.41) is 13.3. The minimum Gasteiger partial charge on any atom is -0.392 e. The van der Waals surface area contributed by atoms with Crippen LogP contribution in [0.3, 0.4) is 0 Å². The van der Waals surface area contributed by atoms with E-state index in [0.717, 1.165) is 41.7 Å². The second-order valence-electron chi connectivity index (χ2n) is 4.22. The van der Waals surface area contributed by atoms with Crippen LogP contribution < -0.4 is 11.1 Å². The van der Waals surface area contributed by atoms with Crippen LogP contribution in [0, 0.1) is 0 Å². The maximum absolute atomic E-state index is 9.12. The van der Waals surface area contributed by atoms with Crippen LogP contribution in [0.5, 0.6) is 0 Å². The smallest absolute Gasteiger partial charge is 0.222 e. The lowest BCUT2D eigenvalue weighted by Crippen LogP contribution is -2.06. The molecule has 2 rings (SSSR count). The maximum atomic E-state index is 9.12. The number of benzene rings is 1. The van der Waals surface area contributed by atoms with Crippen LogP contribution in [0.4, 0.5) is 11.8 Å². The van der Waals surface area contributed by atoms with Gasteiger partial charge in [-0.1, -0.05) is 19.4 Å². The van der Waals surface area contributed by atoms with E-state index >= 15 is 0 Å². The molecule has 1 heterocycles. The Bertz CT molecular complexity index is 542. The Labute approximate surface area is 106 Å². The fourth-order valence-electron chi connectivity index (χ4n) is 1.81. The molecule has 4 N–H and O–H groups in total. The molecule has 2 aromatic rings. The second-order valence-corrected chi connectivity index (χ2v) is 4.22. The van der Waals surface area contributed by atoms with Gasteiger partial charge in [-0.2, -0.15) is 4.98 Å². The van der Waals surface area contributed by atoms with E-state index in [-0.39, 0.29) is 12.6 Å². The highest BCUT2D eigenvalue weighted by Crippen LogP contribution is 2.22. The average molecular weight is 246 g/mol. The SMILES string of the molecule is CCCCNc1nc(N)nc2cc(CO)ccc12. The Balaban J connectivity index is 2.39. The lowest BCUT2D eigenvalue weighted by Gasteiger charge is -2.09. The number of hydrogen-bond acceptors (Lipinski definition) is 5. The van der Waals surface area contributed by atoms with Gasteiger partial charge in [-0.25, -0.2) is 4.98 Å². The number of unbranched alkanes of at least 4 members (excludes halogenated alkanes) is 1. The standard InChI is InChI=1S/C13H18N4O/c1-2-3-6-15-12-10-5-4-9(8-18)7-11(10)16-13(14)17-12/h4-5,7,18H,2-3,6,8H2,1H3,(H3,14,15,16,17). The Kier molecular flexibility index (Phi) is 3.94. The number of aromatic nitrogens is 2. The van der Waals surface area contributed by atoms with E-state index in [9.17, 15) is 0 Å². The van der Waals surface area contributed by atoms with Gasteiger partial charge in [0, 0.05) is 11.9 Å². The number of anilines is 2. The van der Waals surface area contributed by atoms with Gasteiger partial charge >= 0.3 is 0 Å². The van der Waals surface area contributed by atoms with Crippen LogP contribution in [0.2, 0.25) is 0 Å². The summed E-state index contributed by atoms with van der Waals surface area (Å²) in [6.45, 7) is 3.00. The molecule has 96 valence electrons. The summed E-state index contributed by atoms with van der Waals surface area (Å²) >= 11 is 0.